The Morgan fingerprint density at radius 2 is 1.96 bits per heavy atom. The zero-order valence-corrected chi connectivity index (χ0v) is 14.4. The Labute approximate surface area is 143 Å². The van der Waals surface area contributed by atoms with E-state index in [1.807, 2.05) is 75.4 Å². The standard InChI is InChI=1S/C20H24N2O2/c1-20(2,3)24-18(17-11-5-4-6-12-17)19(23)22-14-8-10-16-9-7-13-21-15-16/h4-13,15,18H,14H2,1-3H3,(H,22,23)/b10-8+. The zero-order valence-electron chi connectivity index (χ0n) is 14.4. The molecular weight excluding hydrogens is 300 g/mol. The van der Waals surface area contributed by atoms with Gasteiger partial charge in [-0.25, -0.2) is 0 Å². The van der Waals surface area contributed by atoms with Crippen LogP contribution in [0.5, 0.6) is 0 Å². The van der Waals surface area contributed by atoms with Gasteiger partial charge in [0.15, 0.2) is 6.10 Å². The first kappa shape index (κ1) is 17.9. The van der Waals surface area contributed by atoms with Crippen LogP contribution in [-0.4, -0.2) is 23.0 Å². The highest BCUT2D eigenvalue weighted by Crippen LogP contribution is 2.24. The molecule has 1 unspecified atom stereocenters. The van der Waals surface area contributed by atoms with Crippen LogP contribution in [0.3, 0.4) is 0 Å². The number of hydrogen-bond donors (Lipinski definition) is 1. The maximum Gasteiger partial charge on any atom is 0.254 e. The summed E-state index contributed by atoms with van der Waals surface area (Å²) < 4.78 is 5.95. The van der Waals surface area contributed by atoms with E-state index in [1.165, 1.54) is 0 Å². The summed E-state index contributed by atoms with van der Waals surface area (Å²) in [6, 6.07) is 13.4. The first-order valence-corrected chi connectivity index (χ1v) is 8.03. The Bertz CT molecular complexity index is 661. The van der Waals surface area contributed by atoms with Gasteiger partial charge >= 0.3 is 0 Å². The lowest BCUT2D eigenvalue weighted by molar-refractivity contribution is -0.143. The molecule has 0 aliphatic rings. The van der Waals surface area contributed by atoms with Crippen LogP contribution < -0.4 is 5.32 Å². The van der Waals surface area contributed by atoms with Crippen LogP contribution in [0.15, 0.2) is 60.9 Å². The summed E-state index contributed by atoms with van der Waals surface area (Å²) in [5.74, 6) is -0.146. The number of nitrogens with zero attached hydrogens (tertiary/aromatic N) is 1. The molecule has 1 N–H and O–H groups in total. The Morgan fingerprint density at radius 1 is 1.21 bits per heavy atom. The maximum absolute atomic E-state index is 12.6. The average molecular weight is 324 g/mol. The Hall–Kier alpha value is -2.46. The fourth-order valence-corrected chi connectivity index (χ4v) is 2.18. The highest BCUT2D eigenvalue weighted by atomic mass is 16.5. The monoisotopic (exact) mass is 324 g/mol. The van der Waals surface area contributed by atoms with E-state index in [0.717, 1.165) is 11.1 Å². The molecule has 1 aromatic heterocycles. The lowest BCUT2D eigenvalue weighted by Crippen LogP contribution is -2.35. The molecule has 126 valence electrons. The van der Waals surface area contributed by atoms with Crippen LogP contribution in [0.1, 0.15) is 38.0 Å². The molecule has 0 saturated heterocycles. The normalized spacial score (nSPS) is 13.0. The van der Waals surface area contributed by atoms with E-state index in [9.17, 15) is 4.79 Å². The van der Waals surface area contributed by atoms with E-state index in [0.29, 0.717) is 6.54 Å². The van der Waals surface area contributed by atoms with Crippen molar-refractivity contribution in [3.8, 4) is 0 Å². The average Bonchev–Trinajstić information content (AvgIpc) is 2.57. The number of rotatable bonds is 6. The van der Waals surface area contributed by atoms with Crippen molar-refractivity contribution in [3.05, 3.63) is 72.1 Å². The molecule has 1 aromatic carbocycles. The van der Waals surface area contributed by atoms with Gasteiger partial charge in [0.25, 0.3) is 5.91 Å². The van der Waals surface area contributed by atoms with Crippen molar-refractivity contribution < 1.29 is 9.53 Å². The first-order chi connectivity index (χ1) is 11.5. The number of benzene rings is 1. The smallest absolute Gasteiger partial charge is 0.254 e. The van der Waals surface area contributed by atoms with Crippen molar-refractivity contribution in [2.45, 2.75) is 32.5 Å². The van der Waals surface area contributed by atoms with Crippen molar-refractivity contribution in [2.24, 2.45) is 0 Å². The number of aromatic nitrogens is 1. The third-order valence-corrected chi connectivity index (χ3v) is 3.20. The third kappa shape index (κ3) is 5.97. The second kappa shape index (κ2) is 8.41. The Balaban J connectivity index is 1.99. The Kier molecular flexibility index (Phi) is 6.27. The van der Waals surface area contributed by atoms with Gasteiger partial charge in [-0.3, -0.25) is 9.78 Å². The number of pyridine rings is 1. The van der Waals surface area contributed by atoms with Crippen LogP contribution in [-0.2, 0) is 9.53 Å². The van der Waals surface area contributed by atoms with E-state index in [-0.39, 0.29) is 5.91 Å². The number of carbonyl (C=O) groups excluding carboxylic acids is 1. The molecule has 2 aromatic rings. The fraction of sp³-hybridized carbons (Fsp3) is 0.300. The molecule has 1 atom stereocenters. The van der Waals surface area contributed by atoms with Crippen LogP contribution in [0.2, 0.25) is 0 Å². The van der Waals surface area contributed by atoms with Crippen LogP contribution in [0.25, 0.3) is 6.08 Å². The summed E-state index contributed by atoms with van der Waals surface area (Å²) in [4.78, 5) is 16.6. The van der Waals surface area contributed by atoms with Gasteiger partial charge in [0, 0.05) is 18.9 Å². The highest BCUT2D eigenvalue weighted by molar-refractivity contribution is 5.82. The summed E-state index contributed by atoms with van der Waals surface area (Å²) in [5, 5.41) is 2.90. The maximum atomic E-state index is 12.6. The van der Waals surface area contributed by atoms with Gasteiger partial charge in [0.1, 0.15) is 0 Å². The molecule has 1 heterocycles. The van der Waals surface area contributed by atoms with Gasteiger partial charge in [0.2, 0.25) is 0 Å². The molecule has 2 rings (SSSR count). The summed E-state index contributed by atoms with van der Waals surface area (Å²) in [7, 11) is 0. The number of hydrogen-bond acceptors (Lipinski definition) is 3. The summed E-state index contributed by atoms with van der Waals surface area (Å²) in [5.41, 5.74) is 1.43. The molecule has 24 heavy (non-hydrogen) atoms. The van der Waals surface area contributed by atoms with Gasteiger partial charge in [-0.05, 0) is 38.0 Å². The second-order valence-electron chi connectivity index (χ2n) is 6.45. The lowest BCUT2D eigenvalue weighted by atomic mass is 10.1. The molecule has 4 nitrogen and oxygen atoms in total. The van der Waals surface area contributed by atoms with Gasteiger partial charge in [-0.1, -0.05) is 48.6 Å². The Morgan fingerprint density at radius 3 is 2.58 bits per heavy atom. The lowest BCUT2D eigenvalue weighted by Gasteiger charge is -2.27. The van der Waals surface area contributed by atoms with Crippen molar-refractivity contribution >= 4 is 12.0 Å². The summed E-state index contributed by atoms with van der Waals surface area (Å²) in [6.07, 6.45) is 6.70. The fourth-order valence-electron chi connectivity index (χ4n) is 2.18. The minimum absolute atomic E-state index is 0.146. The van der Waals surface area contributed by atoms with Gasteiger partial charge < -0.3 is 10.1 Å². The number of carbonyl (C=O) groups is 1. The van der Waals surface area contributed by atoms with E-state index >= 15 is 0 Å². The highest BCUT2D eigenvalue weighted by Gasteiger charge is 2.26. The molecule has 0 aliphatic carbocycles. The first-order valence-electron chi connectivity index (χ1n) is 8.03. The number of ether oxygens (including phenoxy) is 1. The topological polar surface area (TPSA) is 51.2 Å². The third-order valence-electron chi connectivity index (χ3n) is 3.20. The van der Waals surface area contributed by atoms with Crippen LogP contribution >= 0.6 is 0 Å². The molecule has 0 aliphatic heterocycles. The summed E-state index contributed by atoms with van der Waals surface area (Å²) in [6.45, 7) is 6.26. The van der Waals surface area contributed by atoms with Crippen molar-refractivity contribution in [3.63, 3.8) is 0 Å². The SMILES string of the molecule is CC(C)(C)OC(C(=O)NC/C=C/c1cccnc1)c1ccccc1. The van der Waals surface area contributed by atoms with Crippen LogP contribution in [0.4, 0.5) is 0 Å². The van der Waals surface area contributed by atoms with Gasteiger partial charge in [-0.2, -0.15) is 0 Å². The zero-order chi connectivity index (χ0) is 17.4. The molecule has 0 bridgehead atoms. The van der Waals surface area contributed by atoms with Crippen molar-refractivity contribution in [1.29, 1.82) is 0 Å². The van der Waals surface area contributed by atoms with E-state index in [4.69, 9.17) is 4.74 Å². The largest absolute Gasteiger partial charge is 0.358 e. The molecule has 0 saturated carbocycles. The molecule has 0 spiro atoms. The number of amides is 1. The summed E-state index contributed by atoms with van der Waals surface area (Å²) >= 11 is 0. The van der Waals surface area contributed by atoms with Gasteiger partial charge in [-0.15, -0.1) is 0 Å². The van der Waals surface area contributed by atoms with E-state index in [1.54, 1.807) is 12.4 Å². The molecule has 4 heteroatoms. The quantitative estimate of drug-likeness (QED) is 0.880. The van der Waals surface area contributed by atoms with Crippen LogP contribution in [0, 0.1) is 0 Å². The predicted molar refractivity (Wildman–Crippen MR) is 96.3 cm³/mol. The van der Waals surface area contributed by atoms with Crippen molar-refractivity contribution in [2.75, 3.05) is 6.54 Å². The van der Waals surface area contributed by atoms with Gasteiger partial charge in [0.05, 0.1) is 5.60 Å². The minimum Gasteiger partial charge on any atom is -0.358 e. The molecule has 0 fully saturated rings. The van der Waals surface area contributed by atoms with E-state index < -0.39 is 11.7 Å². The number of nitrogens with one attached hydrogen (secondary N) is 1. The minimum atomic E-state index is -0.627. The molecular formula is C20H24N2O2. The molecule has 0 radical (unpaired) electrons. The second-order valence-corrected chi connectivity index (χ2v) is 6.45. The predicted octanol–water partition coefficient (Wildman–Crippen LogP) is 3.77. The van der Waals surface area contributed by atoms with E-state index in [2.05, 4.69) is 10.3 Å². The molecule has 1 amide bonds. The van der Waals surface area contributed by atoms with Crippen molar-refractivity contribution in [1.82, 2.24) is 10.3 Å².